The van der Waals surface area contributed by atoms with Crippen molar-refractivity contribution in [2.45, 2.75) is 32.6 Å². The van der Waals surface area contributed by atoms with Gasteiger partial charge < -0.3 is 5.32 Å². The van der Waals surface area contributed by atoms with E-state index in [1.807, 2.05) is 18.2 Å². The lowest BCUT2D eigenvalue weighted by atomic mass is 9.81. The summed E-state index contributed by atoms with van der Waals surface area (Å²) < 4.78 is 0. The largest absolute Gasteiger partial charge is 0.317 e. The molecule has 0 aliphatic heterocycles. The summed E-state index contributed by atoms with van der Waals surface area (Å²) in [5.74, 6) is 0. The minimum absolute atomic E-state index is 0.0458. The molecule has 1 nitrogen and oxygen atoms in total. The lowest BCUT2D eigenvalue weighted by Gasteiger charge is -2.26. The van der Waals surface area contributed by atoms with Crippen molar-refractivity contribution in [1.29, 1.82) is 0 Å². The van der Waals surface area contributed by atoms with Crippen LogP contribution in [0.1, 0.15) is 32.8 Å². The highest BCUT2D eigenvalue weighted by Gasteiger charge is 2.22. The maximum atomic E-state index is 6.21. The molecule has 90 valence electrons. The van der Waals surface area contributed by atoms with Crippen LogP contribution in [0.2, 0.25) is 10.0 Å². The Morgan fingerprint density at radius 2 is 1.94 bits per heavy atom. The van der Waals surface area contributed by atoms with E-state index in [0.29, 0.717) is 0 Å². The molecule has 0 amide bonds. The fourth-order valence-electron chi connectivity index (χ4n) is 1.73. The minimum Gasteiger partial charge on any atom is -0.317 e. The molecule has 0 fully saturated rings. The molecule has 1 aromatic rings. The van der Waals surface area contributed by atoms with Gasteiger partial charge in [0, 0.05) is 10.0 Å². The molecule has 0 radical (unpaired) electrons. The Balaban J connectivity index is 2.83. The topological polar surface area (TPSA) is 12.0 Å². The Morgan fingerprint density at radius 1 is 1.25 bits per heavy atom. The zero-order valence-corrected chi connectivity index (χ0v) is 11.6. The number of halogens is 2. The first kappa shape index (κ1) is 13.8. The average molecular weight is 260 g/mol. The summed E-state index contributed by atoms with van der Waals surface area (Å²) in [6, 6.07) is 5.66. The van der Waals surface area contributed by atoms with Crippen molar-refractivity contribution in [2.75, 3.05) is 13.1 Å². The van der Waals surface area contributed by atoms with Crippen LogP contribution in [0.15, 0.2) is 18.2 Å². The van der Waals surface area contributed by atoms with Gasteiger partial charge in [0.15, 0.2) is 0 Å². The van der Waals surface area contributed by atoms with Crippen LogP contribution in [0.5, 0.6) is 0 Å². The van der Waals surface area contributed by atoms with Crippen molar-refractivity contribution in [3.8, 4) is 0 Å². The van der Waals surface area contributed by atoms with E-state index in [0.717, 1.165) is 35.1 Å². The van der Waals surface area contributed by atoms with Gasteiger partial charge in [0.2, 0.25) is 0 Å². The summed E-state index contributed by atoms with van der Waals surface area (Å²) in [5, 5.41) is 4.88. The smallest absolute Gasteiger partial charge is 0.0444 e. The van der Waals surface area contributed by atoms with Crippen molar-refractivity contribution >= 4 is 23.2 Å². The summed E-state index contributed by atoms with van der Waals surface area (Å²) in [4.78, 5) is 0. The second-order valence-corrected chi connectivity index (χ2v) is 5.46. The number of hydrogen-bond acceptors (Lipinski definition) is 1. The maximum Gasteiger partial charge on any atom is 0.0444 e. The Morgan fingerprint density at radius 3 is 2.56 bits per heavy atom. The molecule has 1 N–H and O–H groups in total. The average Bonchev–Trinajstić information content (AvgIpc) is 2.22. The second-order valence-electron chi connectivity index (χ2n) is 4.61. The van der Waals surface area contributed by atoms with Gasteiger partial charge in [-0.3, -0.25) is 0 Å². The van der Waals surface area contributed by atoms with Crippen molar-refractivity contribution in [3.05, 3.63) is 33.8 Å². The molecule has 0 aromatic heterocycles. The van der Waals surface area contributed by atoms with Crippen LogP contribution in [0.25, 0.3) is 0 Å². The number of benzene rings is 1. The molecule has 0 atom stereocenters. The van der Waals surface area contributed by atoms with E-state index in [1.54, 1.807) is 0 Å². The second kappa shape index (κ2) is 5.90. The monoisotopic (exact) mass is 259 g/mol. The van der Waals surface area contributed by atoms with E-state index in [-0.39, 0.29) is 5.41 Å². The summed E-state index contributed by atoms with van der Waals surface area (Å²) in [6.45, 7) is 8.49. The molecule has 3 heteroatoms. The van der Waals surface area contributed by atoms with Crippen LogP contribution in [-0.4, -0.2) is 13.1 Å². The predicted molar refractivity (Wildman–Crippen MR) is 72.6 cm³/mol. The van der Waals surface area contributed by atoms with Crippen LogP contribution in [0.3, 0.4) is 0 Å². The molecular weight excluding hydrogens is 241 g/mol. The molecule has 16 heavy (non-hydrogen) atoms. The third kappa shape index (κ3) is 3.65. The summed E-state index contributed by atoms with van der Waals surface area (Å²) >= 11 is 12.2. The lowest BCUT2D eigenvalue weighted by molar-refractivity contribution is 0.461. The molecule has 0 bridgehead atoms. The van der Waals surface area contributed by atoms with Gasteiger partial charge in [-0.15, -0.1) is 0 Å². The van der Waals surface area contributed by atoms with Gasteiger partial charge in [-0.1, -0.05) is 44.0 Å². The first-order chi connectivity index (χ1) is 7.47. The minimum atomic E-state index is 0.0458. The highest BCUT2D eigenvalue weighted by atomic mass is 35.5. The first-order valence-electron chi connectivity index (χ1n) is 5.63. The molecule has 0 spiro atoms. The highest BCUT2D eigenvalue weighted by Crippen LogP contribution is 2.34. The van der Waals surface area contributed by atoms with Crippen LogP contribution >= 0.6 is 23.2 Å². The van der Waals surface area contributed by atoms with Gasteiger partial charge in [0.25, 0.3) is 0 Å². The van der Waals surface area contributed by atoms with E-state index in [2.05, 4.69) is 26.1 Å². The molecule has 0 aliphatic rings. The molecule has 1 rings (SSSR count). The van der Waals surface area contributed by atoms with Gasteiger partial charge in [0.1, 0.15) is 0 Å². The van der Waals surface area contributed by atoms with Gasteiger partial charge in [0.05, 0.1) is 0 Å². The highest BCUT2D eigenvalue weighted by molar-refractivity contribution is 6.33. The van der Waals surface area contributed by atoms with Crippen molar-refractivity contribution in [1.82, 2.24) is 5.32 Å². The molecule has 1 aromatic carbocycles. The maximum absolute atomic E-state index is 6.21. The van der Waals surface area contributed by atoms with E-state index in [9.17, 15) is 0 Å². The fraction of sp³-hybridized carbons (Fsp3) is 0.538. The SMILES string of the molecule is CCNCCC(C)(C)c1cc(Cl)ccc1Cl. The Labute approximate surface area is 108 Å². The van der Waals surface area contributed by atoms with Crippen LogP contribution in [0.4, 0.5) is 0 Å². The van der Waals surface area contributed by atoms with Crippen LogP contribution in [0, 0.1) is 0 Å². The number of rotatable bonds is 5. The van der Waals surface area contributed by atoms with E-state index in [1.165, 1.54) is 0 Å². The van der Waals surface area contributed by atoms with Crippen LogP contribution in [-0.2, 0) is 5.41 Å². The number of nitrogens with one attached hydrogen (secondary N) is 1. The normalized spacial score (nSPS) is 11.8. The van der Waals surface area contributed by atoms with E-state index in [4.69, 9.17) is 23.2 Å². The number of hydrogen-bond donors (Lipinski definition) is 1. The standard InChI is InChI=1S/C13H19Cl2N/c1-4-16-8-7-13(2,3)11-9-10(14)5-6-12(11)15/h5-6,9,16H,4,7-8H2,1-3H3. The lowest BCUT2D eigenvalue weighted by Crippen LogP contribution is -2.25. The van der Waals surface area contributed by atoms with E-state index >= 15 is 0 Å². The van der Waals surface area contributed by atoms with E-state index < -0.39 is 0 Å². The molecule has 0 saturated heterocycles. The summed E-state index contributed by atoms with van der Waals surface area (Å²) in [6.07, 6.45) is 1.04. The van der Waals surface area contributed by atoms with Crippen molar-refractivity contribution < 1.29 is 0 Å². The van der Waals surface area contributed by atoms with Gasteiger partial charge >= 0.3 is 0 Å². The van der Waals surface area contributed by atoms with Gasteiger partial charge in [-0.05, 0) is 48.7 Å². The van der Waals surface area contributed by atoms with Gasteiger partial charge in [-0.25, -0.2) is 0 Å². The third-order valence-electron chi connectivity index (χ3n) is 2.83. The van der Waals surface area contributed by atoms with Gasteiger partial charge in [-0.2, -0.15) is 0 Å². The molecular formula is C13H19Cl2N. The quantitative estimate of drug-likeness (QED) is 0.779. The third-order valence-corrected chi connectivity index (χ3v) is 3.40. The zero-order valence-electron chi connectivity index (χ0n) is 10.1. The first-order valence-corrected chi connectivity index (χ1v) is 6.39. The Hall–Kier alpha value is -0.240. The summed E-state index contributed by atoms with van der Waals surface area (Å²) in [7, 11) is 0. The fourth-order valence-corrected chi connectivity index (χ4v) is 2.27. The molecule has 0 saturated carbocycles. The van der Waals surface area contributed by atoms with Crippen LogP contribution < -0.4 is 5.32 Å². The summed E-state index contributed by atoms with van der Waals surface area (Å²) in [5.41, 5.74) is 1.17. The Bertz CT molecular complexity index is 348. The molecule has 0 unspecified atom stereocenters. The predicted octanol–water partition coefficient (Wildman–Crippen LogP) is 4.27. The van der Waals surface area contributed by atoms with Crippen molar-refractivity contribution in [3.63, 3.8) is 0 Å². The molecule has 0 heterocycles. The zero-order chi connectivity index (χ0) is 12.2. The Kier molecular flexibility index (Phi) is 5.10. The van der Waals surface area contributed by atoms with Crippen molar-refractivity contribution in [2.24, 2.45) is 0 Å². The molecule has 0 aliphatic carbocycles.